The molecule has 0 fully saturated rings. The van der Waals surface area contributed by atoms with E-state index in [4.69, 9.17) is 28.8 Å². The Kier molecular flexibility index (Phi) is 7.35. The Balaban J connectivity index is 0.968. The Labute approximate surface area is 320 Å². The number of benzene rings is 7. The molecule has 7 nitrogen and oxygen atoms in total. The van der Waals surface area contributed by atoms with E-state index in [1.165, 1.54) is 5.39 Å². The van der Waals surface area contributed by atoms with Gasteiger partial charge in [-0.3, -0.25) is 4.98 Å². The lowest BCUT2D eigenvalue weighted by Gasteiger charge is -2.13. The van der Waals surface area contributed by atoms with E-state index >= 15 is 0 Å². The fourth-order valence-electron chi connectivity index (χ4n) is 7.54. The van der Waals surface area contributed by atoms with Gasteiger partial charge in [0.1, 0.15) is 11.1 Å². The molecule has 0 N–H and O–H groups in total. The average molecular weight is 720 g/mol. The molecule has 4 heterocycles. The van der Waals surface area contributed by atoms with Crippen LogP contribution in [-0.4, -0.2) is 24.9 Å². The third kappa shape index (κ3) is 5.41. The zero-order valence-electron chi connectivity index (χ0n) is 29.8. The maximum atomic E-state index is 6.41. The molecule has 0 aliphatic rings. The summed E-state index contributed by atoms with van der Waals surface area (Å²) < 4.78 is 12.7. The van der Waals surface area contributed by atoms with Crippen LogP contribution in [0.2, 0.25) is 0 Å². The lowest BCUT2D eigenvalue weighted by atomic mass is 9.91. The van der Waals surface area contributed by atoms with E-state index in [-0.39, 0.29) is 0 Å². The van der Waals surface area contributed by atoms with Gasteiger partial charge in [-0.2, -0.15) is 0 Å². The lowest BCUT2D eigenvalue weighted by Crippen LogP contribution is -2.00. The molecule has 0 saturated heterocycles. The van der Waals surface area contributed by atoms with Gasteiger partial charge in [0.05, 0.1) is 5.56 Å². The standard InChI is InChI=1S/C49H29N5O2/c1-3-10-31(11-4-1)46-52-47(32-12-5-2-6-13-32)54-48(53-46)33-19-17-30(18-20-33)36-22-23-37(39-16-8-7-15-38(36)39)34-21-26-43-41(28-34)40-24-25-42-45(44(40)55-43)56-49(51-42)35-14-9-27-50-29-35/h1-29H. The van der Waals surface area contributed by atoms with Crippen molar-refractivity contribution in [2.24, 2.45) is 0 Å². The van der Waals surface area contributed by atoms with E-state index in [1.54, 1.807) is 12.4 Å². The number of oxazole rings is 1. The van der Waals surface area contributed by atoms with Gasteiger partial charge < -0.3 is 8.83 Å². The lowest BCUT2D eigenvalue weighted by molar-refractivity contribution is 0.603. The van der Waals surface area contributed by atoms with Crippen LogP contribution in [0.25, 0.3) is 112 Å². The Hall–Kier alpha value is -7.77. The molecule has 7 aromatic carbocycles. The maximum Gasteiger partial charge on any atom is 0.229 e. The third-order valence-corrected chi connectivity index (χ3v) is 10.3. The maximum absolute atomic E-state index is 6.41. The summed E-state index contributed by atoms with van der Waals surface area (Å²) in [6, 6.07) is 55.8. The molecular weight excluding hydrogens is 691 g/mol. The molecule has 0 amide bonds. The van der Waals surface area contributed by atoms with Crippen LogP contribution >= 0.6 is 0 Å². The summed E-state index contributed by atoms with van der Waals surface area (Å²) in [4.78, 5) is 23.6. The predicted molar refractivity (Wildman–Crippen MR) is 223 cm³/mol. The molecular formula is C49H29N5O2. The molecule has 11 aromatic rings. The van der Waals surface area contributed by atoms with Crippen LogP contribution in [0.1, 0.15) is 0 Å². The molecule has 4 aromatic heterocycles. The van der Waals surface area contributed by atoms with Gasteiger partial charge in [-0.1, -0.05) is 127 Å². The Morgan fingerprint density at radius 2 is 0.929 bits per heavy atom. The SMILES string of the molecule is c1ccc(-c2nc(-c3ccccc3)nc(-c3ccc(-c4ccc(-c5ccc6oc7c(ccc8nc(-c9cccnc9)oc87)c6c5)c5ccccc45)cc3)n2)cc1. The van der Waals surface area contributed by atoms with Crippen molar-refractivity contribution in [3.8, 4) is 67.9 Å². The average Bonchev–Trinajstić information content (AvgIpc) is 3.89. The van der Waals surface area contributed by atoms with E-state index in [9.17, 15) is 0 Å². The molecule has 7 heteroatoms. The zero-order chi connectivity index (χ0) is 37.0. The van der Waals surface area contributed by atoms with Gasteiger partial charge in [-0.25, -0.2) is 19.9 Å². The minimum atomic E-state index is 0.517. The Morgan fingerprint density at radius 3 is 1.57 bits per heavy atom. The third-order valence-electron chi connectivity index (χ3n) is 10.3. The number of hydrogen-bond acceptors (Lipinski definition) is 7. The topological polar surface area (TPSA) is 90.7 Å². The van der Waals surface area contributed by atoms with Gasteiger partial charge in [0, 0.05) is 39.9 Å². The van der Waals surface area contributed by atoms with E-state index < -0.39 is 0 Å². The van der Waals surface area contributed by atoms with Crippen LogP contribution in [-0.2, 0) is 0 Å². The number of aromatic nitrogens is 5. The van der Waals surface area contributed by atoms with E-state index in [1.807, 2.05) is 84.9 Å². The fourth-order valence-corrected chi connectivity index (χ4v) is 7.54. The molecule has 0 radical (unpaired) electrons. The first-order valence-electron chi connectivity index (χ1n) is 18.4. The second kappa shape index (κ2) is 13.0. The van der Waals surface area contributed by atoms with Gasteiger partial charge in [-0.05, 0) is 69.4 Å². The van der Waals surface area contributed by atoms with Crippen molar-refractivity contribution in [3.05, 3.63) is 176 Å². The molecule has 0 atom stereocenters. The molecule has 0 aliphatic carbocycles. The fraction of sp³-hybridized carbons (Fsp3) is 0. The van der Waals surface area contributed by atoms with Crippen molar-refractivity contribution in [3.63, 3.8) is 0 Å². The summed E-state index contributed by atoms with van der Waals surface area (Å²) in [7, 11) is 0. The number of fused-ring (bicyclic) bond motifs is 6. The smallest absolute Gasteiger partial charge is 0.229 e. The quantitative estimate of drug-likeness (QED) is 0.169. The first-order chi connectivity index (χ1) is 27.7. The molecule has 0 spiro atoms. The highest BCUT2D eigenvalue weighted by Crippen LogP contribution is 2.41. The van der Waals surface area contributed by atoms with Gasteiger partial charge >= 0.3 is 0 Å². The number of hydrogen-bond donors (Lipinski definition) is 0. The van der Waals surface area contributed by atoms with E-state index in [0.29, 0.717) is 34.5 Å². The summed E-state index contributed by atoms with van der Waals surface area (Å²) in [5.41, 5.74) is 11.0. The molecule has 0 bridgehead atoms. The normalized spacial score (nSPS) is 11.6. The minimum absolute atomic E-state index is 0.517. The van der Waals surface area contributed by atoms with E-state index in [2.05, 4.69) is 83.8 Å². The van der Waals surface area contributed by atoms with Gasteiger partial charge in [0.2, 0.25) is 5.89 Å². The molecule has 11 rings (SSSR count). The molecule has 262 valence electrons. The minimum Gasteiger partial charge on any atom is -0.452 e. The summed E-state index contributed by atoms with van der Waals surface area (Å²) in [5, 5.41) is 4.33. The zero-order valence-corrected chi connectivity index (χ0v) is 29.8. The predicted octanol–water partition coefficient (Wildman–Crippen LogP) is 12.5. The number of pyridine rings is 1. The first kappa shape index (κ1) is 31.7. The highest BCUT2D eigenvalue weighted by Gasteiger charge is 2.18. The number of furan rings is 1. The highest BCUT2D eigenvalue weighted by atomic mass is 16.4. The van der Waals surface area contributed by atoms with E-state index in [0.717, 1.165) is 71.8 Å². The van der Waals surface area contributed by atoms with Crippen molar-refractivity contribution in [1.82, 2.24) is 24.9 Å². The van der Waals surface area contributed by atoms with Gasteiger partial charge in [0.15, 0.2) is 28.6 Å². The van der Waals surface area contributed by atoms with Crippen molar-refractivity contribution in [1.29, 1.82) is 0 Å². The summed E-state index contributed by atoms with van der Waals surface area (Å²) in [6.45, 7) is 0. The Morgan fingerprint density at radius 1 is 0.357 bits per heavy atom. The van der Waals surface area contributed by atoms with Crippen molar-refractivity contribution >= 4 is 43.8 Å². The van der Waals surface area contributed by atoms with Crippen molar-refractivity contribution < 1.29 is 8.83 Å². The van der Waals surface area contributed by atoms with Crippen LogP contribution in [0.3, 0.4) is 0 Å². The summed E-state index contributed by atoms with van der Waals surface area (Å²) >= 11 is 0. The molecule has 0 saturated carbocycles. The van der Waals surface area contributed by atoms with Crippen LogP contribution in [0.5, 0.6) is 0 Å². The monoisotopic (exact) mass is 719 g/mol. The number of rotatable bonds is 6. The second-order valence-corrected chi connectivity index (χ2v) is 13.7. The number of nitrogens with zero attached hydrogens (tertiary/aromatic N) is 5. The molecule has 0 unspecified atom stereocenters. The largest absolute Gasteiger partial charge is 0.452 e. The molecule has 0 aliphatic heterocycles. The van der Waals surface area contributed by atoms with Gasteiger partial charge in [0.25, 0.3) is 0 Å². The van der Waals surface area contributed by atoms with Crippen LogP contribution in [0, 0.1) is 0 Å². The van der Waals surface area contributed by atoms with Crippen molar-refractivity contribution in [2.45, 2.75) is 0 Å². The molecule has 56 heavy (non-hydrogen) atoms. The van der Waals surface area contributed by atoms with Crippen molar-refractivity contribution in [2.75, 3.05) is 0 Å². The van der Waals surface area contributed by atoms with Crippen LogP contribution in [0.15, 0.2) is 185 Å². The highest BCUT2D eigenvalue weighted by molar-refractivity contribution is 6.14. The summed E-state index contributed by atoms with van der Waals surface area (Å²) in [5.74, 6) is 2.43. The van der Waals surface area contributed by atoms with Gasteiger partial charge in [-0.15, -0.1) is 0 Å². The summed E-state index contributed by atoms with van der Waals surface area (Å²) in [6.07, 6.45) is 3.48. The second-order valence-electron chi connectivity index (χ2n) is 13.7. The van der Waals surface area contributed by atoms with Crippen LogP contribution in [0.4, 0.5) is 0 Å². The first-order valence-corrected chi connectivity index (χ1v) is 18.4. The van der Waals surface area contributed by atoms with Crippen LogP contribution < -0.4 is 0 Å². The Bertz CT molecular complexity index is 3170.